The zero-order valence-corrected chi connectivity index (χ0v) is 37.5. The molecule has 2 aliphatic carbocycles. The number of nitrogens with two attached hydrogens (primary N) is 5. The summed E-state index contributed by atoms with van der Waals surface area (Å²) in [6, 6.07) is 8.32. The van der Waals surface area contributed by atoms with E-state index in [1.54, 1.807) is 32.9 Å². The van der Waals surface area contributed by atoms with E-state index in [-0.39, 0.29) is 64.3 Å². The second-order valence-electron chi connectivity index (χ2n) is 16.5. The summed E-state index contributed by atoms with van der Waals surface area (Å²) in [4.78, 5) is 61.2. The minimum atomic E-state index is -0.744. The molecule has 0 bridgehead atoms. The molecule has 22 heteroatoms. The van der Waals surface area contributed by atoms with Gasteiger partial charge in [0.15, 0.2) is 11.6 Å². The number of allylic oxidation sites excluding steroid dienone is 2. The van der Waals surface area contributed by atoms with E-state index in [4.69, 9.17) is 33.4 Å². The Morgan fingerprint density at radius 1 is 0.701 bits per heavy atom. The van der Waals surface area contributed by atoms with Crippen molar-refractivity contribution in [2.45, 2.75) is 102 Å². The van der Waals surface area contributed by atoms with Gasteiger partial charge in [-0.1, -0.05) is 25.7 Å². The van der Waals surface area contributed by atoms with Crippen LogP contribution in [0.5, 0.6) is 0 Å². The number of carbonyl (C=O) groups excluding carboxylic acids is 3. The summed E-state index contributed by atoms with van der Waals surface area (Å²) >= 11 is 0. The van der Waals surface area contributed by atoms with E-state index >= 15 is 0 Å². The van der Waals surface area contributed by atoms with Crippen LogP contribution in [0.15, 0.2) is 83.3 Å². The number of anilines is 6. The Labute approximate surface area is 386 Å². The monoisotopic (exact) mass is 924 g/mol. The van der Waals surface area contributed by atoms with E-state index in [0.29, 0.717) is 17.3 Å². The fraction of sp³-hybridized carbons (Fsp3) is 0.356. The van der Waals surface area contributed by atoms with Gasteiger partial charge in [-0.2, -0.15) is 9.97 Å². The number of carbonyl (C=O) groups is 3. The first kappa shape index (κ1) is 50.3. The fourth-order valence-corrected chi connectivity index (χ4v) is 7.06. The Morgan fingerprint density at radius 3 is 1.58 bits per heavy atom. The molecule has 2 aromatic carbocycles. The average molecular weight is 925 g/mol. The number of nitrogens with one attached hydrogen (secondary N) is 5. The summed E-state index contributed by atoms with van der Waals surface area (Å²) < 4.78 is 34.2. The molecule has 0 unspecified atom stereocenters. The highest BCUT2D eigenvalue weighted by molar-refractivity contribution is 5.99. The van der Waals surface area contributed by atoms with Crippen molar-refractivity contribution in [3.05, 3.63) is 96.1 Å². The number of aromatic nitrogens is 4. The maximum atomic E-state index is 14.5. The standard InChI is InChI=1S/C25H33FN8O3.C20H25FN8O/c1-25(2,3)37-24(36)33-20-8-5-4-7-19(20)32-23-30-14-16(21(28)35)22(34-23)31-15-9-10-18(17(26)13-15)29-12-6-11-27;21-14-10-12(6-7-16(14)25-9-3-8-22)27-19-13(18(24)30)11-26-20(29-19)28-17-5-2-1-4-15(17)23/h6,9-14,19-20H,4-5,7-8,27H2,1-3H3,(H2,28,35)(H,33,36)(H2,30,31,32,34);3,6-11,15,17H,1-2,4-5,22-23H2,(H2,24,30)(H2,26,27,28,29)/t19-,20+;15-,17+/m10/s1. The number of nitrogens with zero attached hydrogens (tertiary/aromatic N) is 6. The number of benzene rings is 2. The van der Waals surface area contributed by atoms with Crippen LogP contribution in [0, 0.1) is 11.6 Å². The van der Waals surface area contributed by atoms with Gasteiger partial charge in [0.05, 0.1) is 17.4 Å². The number of ether oxygens (including phenoxy) is 1. The lowest BCUT2D eigenvalue weighted by Crippen LogP contribution is -2.50. The summed E-state index contributed by atoms with van der Waals surface area (Å²) in [6.07, 6.45) is 17.9. The Hall–Kier alpha value is -7.75. The summed E-state index contributed by atoms with van der Waals surface area (Å²) in [5.74, 6) is -1.75. The molecule has 2 fully saturated rings. The lowest BCUT2D eigenvalue weighted by Gasteiger charge is -2.33. The highest BCUT2D eigenvalue weighted by Crippen LogP contribution is 2.29. The fourth-order valence-electron chi connectivity index (χ4n) is 7.06. The van der Waals surface area contributed by atoms with Crippen LogP contribution in [-0.2, 0) is 4.74 Å². The first-order chi connectivity index (χ1) is 32.0. The molecule has 4 aromatic rings. The van der Waals surface area contributed by atoms with E-state index in [2.05, 4.69) is 56.5 Å². The number of aliphatic imine (C=N–C) groups is 2. The molecule has 15 N–H and O–H groups in total. The van der Waals surface area contributed by atoms with Crippen molar-refractivity contribution in [1.29, 1.82) is 0 Å². The number of amides is 3. The lowest BCUT2D eigenvalue weighted by molar-refractivity contribution is 0.0488. The molecule has 20 nitrogen and oxygen atoms in total. The molecule has 2 heterocycles. The summed E-state index contributed by atoms with van der Waals surface area (Å²) in [5.41, 5.74) is 28.1. The van der Waals surface area contributed by atoms with Crippen molar-refractivity contribution in [2.24, 2.45) is 38.7 Å². The molecule has 67 heavy (non-hydrogen) atoms. The van der Waals surface area contributed by atoms with Crippen LogP contribution in [0.4, 0.5) is 59.9 Å². The van der Waals surface area contributed by atoms with E-state index in [0.717, 1.165) is 51.4 Å². The Morgan fingerprint density at radius 2 is 1.15 bits per heavy atom. The Bertz CT molecular complexity index is 2480. The van der Waals surface area contributed by atoms with Gasteiger partial charge in [0, 0.05) is 54.3 Å². The molecule has 3 amide bonds. The number of alkyl carbamates (subject to hydrolysis) is 1. The van der Waals surface area contributed by atoms with Crippen molar-refractivity contribution in [3.8, 4) is 0 Å². The number of halogens is 2. The molecule has 4 atom stereocenters. The van der Waals surface area contributed by atoms with Crippen LogP contribution in [0.2, 0.25) is 0 Å². The molecule has 2 aliphatic rings. The molecule has 0 spiro atoms. The van der Waals surface area contributed by atoms with Crippen LogP contribution < -0.4 is 55.3 Å². The third-order valence-corrected chi connectivity index (χ3v) is 10.3. The molecule has 0 saturated heterocycles. The first-order valence-corrected chi connectivity index (χ1v) is 21.6. The van der Waals surface area contributed by atoms with Gasteiger partial charge in [0.25, 0.3) is 11.8 Å². The van der Waals surface area contributed by atoms with Crippen molar-refractivity contribution < 1.29 is 27.9 Å². The normalized spacial score (nSPS) is 18.6. The minimum Gasteiger partial charge on any atom is -0.444 e. The first-order valence-electron chi connectivity index (χ1n) is 21.6. The number of hydrogen-bond acceptors (Lipinski definition) is 17. The second kappa shape index (κ2) is 24.0. The van der Waals surface area contributed by atoms with Crippen LogP contribution in [0.3, 0.4) is 0 Å². The van der Waals surface area contributed by atoms with Gasteiger partial charge in [-0.3, -0.25) is 19.6 Å². The average Bonchev–Trinajstić information content (AvgIpc) is 3.26. The second-order valence-corrected chi connectivity index (χ2v) is 16.5. The molecular formula is C45H58F2N16O4. The van der Waals surface area contributed by atoms with E-state index in [1.807, 2.05) is 0 Å². The van der Waals surface area contributed by atoms with Gasteiger partial charge in [-0.15, -0.1) is 0 Å². The molecular weight excluding hydrogens is 867 g/mol. The van der Waals surface area contributed by atoms with E-state index in [9.17, 15) is 23.2 Å². The van der Waals surface area contributed by atoms with Crippen molar-refractivity contribution in [3.63, 3.8) is 0 Å². The Balaban J connectivity index is 0.000000256. The predicted octanol–water partition coefficient (Wildman–Crippen LogP) is 6.20. The minimum absolute atomic E-state index is 0.00545. The predicted molar refractivity (Wildman–Crippen MR) is 256 cm³/mol. The molecule has 0 aliphatic heterocycles. The summed E-state index contributed by atoms with van der Waals surface area (Å²) in [6.45, 7) is 5.41. The van der Waals surface area contributed by atoms with Crippen LogP contribution in [0.25, 0.3) is 0 Å². The number of hydrogen-bond donors (Lipinski definition) is 10. The largest absolute Gasteiger partial charge is 0.444 e. The smallest absolute Gasteiger partial charge is 0.407 e. The van der Waals surface area contributed by atoms with Crippen LogP contribution >= 0.6 is 0 Å². The lowest BCUT2D eigenvalue weighted by atomic mass is 9.90. The SMILES string of the molecule is CC(C)(C)OC(=O)N[C@H]1CCCC[C@H]1Nc1ncc(C(N)=O)c(Nc2ccc(N=CC=CN)c(F)c2)n1.NC=CC=Nc1ccc(Nc2nc(N[C@@H]3CCCC[C@@H]3N)ncc2C(N)=O)cc1F. The van der Waals surface area contributed by atoms with E-state index < -0.39 is 35.1 Å². The van der Waals surface area contributed by atoms with Gasteiger partial charge in [0.1, 0.15) is 28.4 Å². The van der Waals surface area contributed by atoms with Gasteiger partial charge in [-0.25, -0.2) is 23.5 Å². The highest BCUT2D eigenvalue weighted by atomic mass is 19.1. The van der Waals surface area contributed by atoms with Gasteiger partial charge in [-0.05, 0) is 107 Å². The maximum absolute atomic E-state index is 14.5. The summed E-state index contributed by atoms with van der Waals surface area (Å²) in [7, 11) is 0. The number of rotatable bonds is 15. The zero-order chi connectivity index (χ0) is 48.5. The quantitative estimate of drug-likeness (QED) is 0.0594. The van der Waals surface area contributed by atoms with Gasteiger partial charge >= 0.3 is 6.09 Å². The third kappa shape index (κ3) is 15.4. The summed E-state index contributed by atoms with van der Waals surface area (Å²) in [5, 5.41) is 15.3. The highest BCUT2D eigenvalue weighted by Gasteiger charge is 2.30. The van der Waals surface area contributed by atoms with Crippen molar-refractivity contribution in [1.82, 2.24) is 25.3 Å². The van der Waals surface area contributed by atoms with Crippen LogP contribution in [0.1, 0.15) is 92.9 Å². The van der Waals surface area contributed by atoms with Crippen LogP contribution in [-0.4, -0.2) is 80.0 Å². The van der Waals surface area contributed by atoms with Gasteiger partial charge < -0.3 is 60.0 Å². The molecule has 2 saturated carbocycles. The van der Waals surface area contributed by atoms with Crippen molar-refractivity contribution >= 4 is 76.6 Å². The third-order valence-electron chi connectivity index (χ3n) is 10.3. The topological polar surface area (TPSA) is 327 Å². The number of primary amides is 2. The molecule has 356 valence electrons. The molecule has 0 radical (unpaired) electrons. The molecule has 6 rings (SSSR count). The van der Waals surface area contributed by atoms with Crippen molar-refractivity contribution in [2.75, 3.05) is 21.3 Å². The maximum Gasteiger partial charge on any atom is 0.407 e. The van der Waals surface area contributed by atoms with E-state index in [1.165, 1.54) is 73.6 Å². The van der Waals surface area contributed by atoms with Gasteiger partial charge in [0.2, 0.25) is 11.9 Å². The zero-order valence-electron chi connectivity index (χ0n) is 37.5. The molecule has 2 aromatic heterocycles. The Kier molecular flexibility index (Phi) is 18.0.